The number of carboxylic acids is 6. The van der Waals surface area contributed by atoms with Crippen LogP contribution in [0.1, 0.15) is 38.5 Å². The molecule has 0 aliphatic heterocycles. The number of hydrogen-bond acceptors (Lipinski definition) is 15. The molecule has 0 aliphatic carbocycles. The van der Waals surface area contributed by atoms with Crippen molar-refractivity contribution in [2.75, 3.05) is 24.6 Å². The Balaban J connectivity index is -0.000000701. The number of carbonyl (C=O) groups excluding carboxylic acids is 4. The molecule has 16 N–H and O–H groups in total. The van der Waals surface area contributed by atoms with Crippen molar-refractivity contribution in [1.29, 1.82) is 0 Å². The van der Waals surface area contributed by atoms with E-state index in [1.807, 2.05) is 0 Å². The minimum atomic E-state index is -1.22. The smallest absolute Gasteiger partial charge is 0.322 e. The second kappa shape index (κ2) is 28.2. The molecule has 0 spiro atoms. The molecule has 0 heterocycles. The van der Waals surface area contributed by atoms with Crippen molar-refractivity contribution in [3.8, 4) is 0 Å². The van der Waals surface area contributed by atoms with Gasteiger partial charge in [-0.3, -0.25) is 47.9 Å². The van der Waals surface area contributed by atoms with E-state index in [1.165, 1.54) is 0 Å². The SMILES string of the molecule is N[C@@H](CCC(=O)N[C@@H](CS)C(=O)NCC(=O)O)C(=O)O.N[C@@H](CCC(=O)N[C@@H](CS)C(=O)NCC(=O)O)C(=O)O.N[C@@H](CCC(=O)O)C(=O)O. The van der Waals surface area contributed by atoms with E-state index >= 15 is 0 Å². The first kappa shape index (κ1) is 49.7. The van der Waals surface area contributed by atoms with Crippen molar-refractivity contribution in [3.05, 3.63) is 0 Å². The van der Waals surface area contributed by atoms with Crippen LogP contribution in [0.25, 0.3) is 0 Å². The molecule has 0 aliphatic rings. The Labute approximate surface area is 294 Å². The molecule has 0 aromatic rings. The van der Waals surface area contributed by atoms with E-state index in [1.54, 1.807) is 0 Å². The summed E-state index contributed by atoms with van der Waals surface area (Å²) >= 11 is 7.75. The molecule has 0 unspecified atom stereocenters. The fourth-order valence-corrected chi connectivity index (χ4v) is 3.23. The number of amides is 4. The van der Waals surface area contributed by atoms with Crippen LogP contribution in [0.4, 0.5) is 0 Å². The first-order valence-electron chi connectivity index (χ1n) is 14.1. The summed E-state index contributed by atoms with van der Waals surface area (Å²) in [5.74, 6) is -9.60. The number of aliphatic carboxylic acids is 6. The minimum Gasteiger partial charge on any atom is -0.481 e. The van der Waals surface area contributed by atoms with Crippen molar-refractivity contribution in [3.63, 3.8) is 0 Å². The highest BCUT2D eigenvalue weighted by atomic mass is 32.1. The fraction of sp³-hybridized carbons (Fsp3) is 0.600. The lowest BCUT2D eigenvalue weighted by Gasteiger charge is -2.16. The second-order valence-corrected chi connectivity index (χ2v) is 10.4. The molecule has 25 heteroatoms. The highest BCUT2D eigenvalue weighted by Gasteiger charge is 2.22. The van der Waals surface area contributed by atoms with Crippen molar-refractivity contribution in [1.82, 2.24) is 21.3 Å². The largest absolute Gasteiger partial charge is 0.481 e. The third kappa shape index (κ3) is 28.3. The molecule has 0 radical (unpaired) electrons. The molecule has 0 aromatic carbocycles. The number of nitrogens with two attached hydrogens (primary N) is 3. The normalized spacial score (nSPS) is 13.0. The zero-order chi connectivity index (χ0) is 39.6. The van der Waals surface area contributed by atoms with Crippen molar-refractivity contribution >= 4 is 84.7 Å². The average Bonchev–Trinajstić information content (AvgIpc) is 3.04. The Kier molecular flexibility index (Phi) is 28.0. The molecule has 23 nitrogen and oxygen atoms in total. The zero-order valence-corrected chi connectivity index (χ0v) is 28.1. The first-order chi connectivity index (χ1) is 23.1. The molecule has 4 amide bonds. The Bertz CT molecular complexity index is 1120. The fourth-order valence-electron chi connectivity index (χ4n) is 2.72. The van der Waals surface area contributed by atoms with E-state index in [-0.39, 0.29) is 50.0 Å². The van der Waals surface area contributed by atoms with Gasteiger partial charge in [0.1, 0.15) is 43.3 Å². The van der Waals surface area contributed by atoms with E-state index in [0.717, 1.165) is 0 Å². The van der Waals surface area contributed by atoms with E-state index in [9.17, 15) is 47.9 Å². The van der Waals surface area contributed by atoms with Gasteiger partial charge in [0, 0.05) is 30.8 Å². The number of nitrogens with one attached hydrogen (secondary N) is 4. The number of rotatable bonds is 22. The van der Waals surface area contributed by atoms with Crippen molar-refractivity contribution < 1.29 is 78.6 Å². The maximum absolute atomic E-state index is 11.5. The van der Waals surface area contributed by atoms with Gasteiger partial charge in [-0.2, -0.15) is 25.3 Å². The quantitative estimate of drug-likeness (QED) is 0.0459. The van der Waals surface area contributed by atoms with Crippen LogP contribution in [0.2, 0.25) is 0 Å². The summed E-state index contributed by atoms with van der Waals surface area (Å²) in [5.41, 5.74) is 15.5. The van der Waals surface area contributed by atoms with Gasteiger partial charge in [0.25, 0.3) is 0 Å². The van der Waals surface area contributed by atoms with Crippen LogP contribution in [0.5, 0.6) is 0 Å². The third-order valence-corrected chi connectivity index (χ3v) is 6.21. The van der Waals surface area contributed by atoms with Gasteiger partial charge in [0.05, 0.1) is 0 Å². The lowest BCUT2D eigenvalue weighted by molar-refractivity contribution is -0.141. The van der Waals surface area contributed by atoms with E-state index in [0.29, 0.717) is 0 Å². The zero-order valence-electron chi connectivity index (χ0n) is 26.4. The summed E-state index contributed by atoms with van der Waals surface area (Å²) in [5, 5.41) is 59.0. The van der Waals surface area contributed by atoms with Gasteiger partial charge in [-0.25, -0.2) is 0 Å². The predicted molar refractivity (Wildman–Crippen MR) is 175 cm³/mol. The van der Waals surface area contributed by atoms with Crippen LogP contribution < -0.4 is 38.5 Å². The lowest BCUT2D eigenvalue weighted by atomic mass is 10.1. The van der Waals surface area contributed by atoms with E-state index in [2.05, 4.69) is 46.5 Å². The van der Waals surface area contributed by atoms with Gasteiger partial charge in [-0.15, -0.1) is 0 Å². The molecular weight excluding hydrogens is 718 g/mol. The van der Waals surface area contributed by atoms with Crippen LogP contribution in [-0.4, -0.2) is 145 Å². The summed E-state index contributed by atoms with van der Waals surface area (Å²) < 4.78 is 0. The standard InChI is InChI=1S/2C10H17N3O6S.C5H9NO4/c2*11-5(10(18)19)1-2-7(14)13-6(4-20)9(17)12-3-8(15)16;6-3(5(9)10)1-2-4(7)8/h2*5-6,20H,1-4,11H2,(H,12,17)(H,13,14)(H,15,16)(H,18,19);3H,1-2,6H2,(H,7,8)(H,9,10)/t2*5-,6-;3-/m000/s1. The summed E-state index contributed by atoms with van der Waals surface area (Å²) in [6.45, 7) is -1.13. The molecular formula is C25H43N7O16S2. The van der Waals surface area contributed by atoms with Crippen LogP contribution in [0.3, 0.4) is 0 Å². The van der Waals surface area contributed by atoms with E-state index in [4.69, 9.17) is 47.8 Å². The Morgan fingerprint density at radius 2 is 0.760 bits per heavy atom. The van der Waals surface area contributed by atoms with Crippen molar-refractivity contribution in [2.24, 2.45) is 17.2 Å². The second-order valence-electron chi connectivity index (χ2n) is 9.67. The Hall–Kier alpha value is -4.72. The van der Waals surface area contributed by atoms with Gasteiger partial charge in [0.15, 0.2) is 0 Å². The topological polar surface area (TPSA) is 418 Å². The van der Waals surface area contributed by atoms with E-state index < -0.39 is 103 Å². The minimum absolute atomic E-state index is 0.0231. The molecule has 0 saturated heterocycles. The number of hydrogen-bond donors (Lipinski definition) is 15. The third-order valence-electron chi connectivity index (χ3n) is 5.48. The van der Waals surface area contributed by atoms with Gasteiger partial charge >= 0.3 is 35.8 Å². The number of thiol groups is 2. The molecule has 286 valence electrons. The van der Waals surface area contributed by atoms with Gasteiger partial charge in [-0.05, 0) is 19.3 Å². The van der Waals surface area contributed by atoms with Gasteiger partial charge in [-0.1, -0.05) is 0 Å². The highest BCUT2D eigenvalue weighted by molar-refractivity contribution is 7.80. The monoisotopic (exact) mass is 761 g/mol. The molecule has 50 heavy (non-hydrogen) atoms. The van der Waals surface area contributed by atoms with Gasteiger partial charge in [0.2, 0.25) is 23.6 Å². The molecule has 0 fully saturated rings. The van der Waals surface area contributed by atoms with Crippen LogP contribution in [-0.2, 0) is 47.9 Å². The molecule has 0 bridgehead atoms. The molecule has 0 rings (SSSR count). The number of carboxylic acid groups (broad SMARTS) is 6. The first-order valence-corrected chi connectivity index (χ1v) is 15.3. The average molecular weight is 762 g/mol. The highest BCUT2D eigenvalue weighted by Crippen LogP contribution is 1.99. The summed E-state index contributed by atoms with van der Waals surface area (Å²) in [6.07, 6.45) is -0.694. The van der Waals surface area contributed by atoms with Crippen molar-refractivity contribution in [2.45, 2.75) is 68.7 Å². The van der Waals surface area contributed by atoms with Gasteiger partial charge < -0.3 is 69.1 Å². The Morgan fingerprint density at radius 1 is 0.480 bits per heavy atom. The summed E-state index contributed by atoms with van der Waals surface area (Å²) in [6, 6.07) is -5.36. The summed E-state index contributed by atoms with van der Waals surface area (Å²) in [4.78, 5) is 107. The van der Waals surface area contributed by atoms with Crippen LogP contribution in [0, 0.1) is 0 Å². The Morgan fingerprint density at radius 3 is 0.980 bits per heavy atom. The van der Waals surface area contributed by atoms with Crippen LogP contribution >= 0.6 is 25.3 Å². The summed E-state index contributed by atoms with van der Waals surface area (Å²) in [7, 11) is 0. The number of carbonyl (C=O) groups is 10. The van der Waals surface area contributed by atoms with Crippen LogP contribution in [0.15, 0.2) is 0 Å². The molecule has 0 aromatic heterocycles. The predicted octanol–water partition coefficient (Wildman–Crippen LogP) is -5.15. The maximum Gasteiger partial charge on any atom is 0.322 e. The molecule has 0 saturated carbocycles. The molecule has 5 atom stereocenters. The maximum atomic E-state index is 11.5. The lowest BCUT2D eigenvalue weighted by Crippen LogP contribution is -2.49.